The Bertz CT molecular complexity index is 398. The molecule has 3 rings (SSSR count). The second-order valence-corrected chi connectivity index (χ2v) is 4.39. The first-order valence-electron chi connectivity index (χ1n) is 6.00. The van der Waals surface area contributed by atoms with Crippen LogP contribution in [0, 0.1) is 0 Å². The van der Waals surface area contributed by atoms with Crippen molar-refractivity contribution >= 4 is 0 Å². The molecular formula is C13H16O4. The minimum absolute atomic E-state index is 0.279. The largest absolute Gasteiger partial charge is 0.493 e. The zero-order valence-corrected chi connectivity index (χ0v) is 9.59. The van der Waals surface area contributed by atoms with Crippen molar-refractivity contribution < 1.29 is 19.3 Å². The summed E-state index contributed by atoms with van der Waals surface area (Å²) >= 11 is 0. The third kappa shape index (κ3) is 2.29. The number of ether oxygens (including phenoxy) is 3. The summed E-state index contributed by atoms with van der Waals surface area (Å²) in [4.78, 5) is 0. The van der Waals surface area contributed by atoms with Crippen molar-refractivity contribution in [2.24, 2.45) is 0 Å². The lowest BCUT2D eigenvalue weighted by molar-refractivity contribution is -0.0708. The van der Waals surface area contributed by atoms with Crippen LogP contribution in [0.3, 0.4) is 0 Å². The molecule has 1 unspecified atom stereocenters. The Kier molecular flexibility index (Phi) is 3.01. The zero-order chi connectivity index (χ0) is 11.7. The Hall–Kier alpha value is -1.10. The van der Waals surface area contributed by atoms with Gasteiger partial charge in [-0.25, -0.2) is 0 Å². The van der Waals surface area contributed by atoms with Gasteiger partial charge in [-0.15, -0.1) is 0 Å². The number of hydrogen-bond donors (Lipinski definition) is 1. The predicted molar refractivity (Wildman–Crippen MR) is 60.9 cm³/mol. The molecule has 1 saturated heterocycles. The number of aliphatic hydroxyl groups is 1. The number of aliphatic hydroxyl groups excluding tert-OH is 1. The summed E-state index contributed by atoms with van der Waals surface area (Å²) in [5.41, 5.74) is 2.08. The van der Waals surface area contributed by atoms with E-state index in [0.29, 0.717) is 19.6 Å². The fourth-order valence-corrected chi connectivity index (χ4v) is 2.25. The van der Waals surface area contributed by atoms with Gasteiger partial charge in [0.2, 0.25) is 0 Å². The highest BCUT2D eigenvalue weighted by molar-refractivity contribution is 5.40. The summed E-state index contributed by atoms with van der Waals surface area (Å²) < 4.78 is 16.1. The van der Waals surface area contributed by atoms with E-state index < -0.39 is 6.10 Å². The van der Waals surface area contributed by atoms with Crippen molar-refractivity contribution in [1.82, 2.24) is 0 Å². The molecule has 0 spiro atoms. The number of hydrogen-bond acceptors (Lipinski definition) is 4. The van der Waals surface area contributed by atoms with Gasteiger partial charge >= 0.3 is 0 Å². The van der Waals surface area contributed by atoms with Gasteiger partial charge in [-0.1, -0.05) is 12.1 Å². The van der Waals surface area contributed by atoms with Crippen molar-refractivity contribution in [2.45, 2.75) is 25.2 Å². The number of benzene rings is 1. The van der Waals surface area contributed by atoms with Crippen LogP contribution in [-0.2, 0) is 15.9 Å². The van der Waals surface area contributed by atoms with E-state index in [0.717, 1.165) is 24.3 Å². The topological polar surface area (TPSA) is 47.9 Å². The molecule has 0 radical (unpaired) electrons. The van der Waals surface area contributed by atoms with E-state index in [1.54, 1.807) is 0 Å². The molecule has 2 aliphatic heterocycles. The molecule has 0 amide bonds. The molecule has 0 saturated carbocycles. The molecule has 0 aliphatic carbocycles. The van der Waals surface area contributed by atoms with Crippen LogP contribution < -0.4 is 4.74 Å². The van der Waals surface area contributed by atoms with Gasteiger partial charge in [-0.2, -0.15) is 0 Å². The first kappa shape index (κ1) is 11.0. The first-order valence-corrected chi connectivity index (χ1v) is 6.00. The molecule has 1 aromatic carbocycles. The fourth-order valence-electron chi connectivity index (χ4n) is 2.25. The van der Waals surface area contributed by atoms with Crippen LogP contribution in [0.25, 0.3) is 0 Å². The van der Waals surface area contributed by atoms with Crippen molar-refractivity contribution in [3.63, 3.8) is 0 Å². The highest BCUT2D eigenvalue weighted by Gasteiger charge is 2.22. The molecule has 1 fully saturated rings. The van der Waals surface area contributed by atoms with E-state index in [4.69, 9.17) is 14.2 Å². The smallest absolute Gasteiger partial charge is 0.160 e. The van der Waals surface area contributed by atoms with Crippen LogP contribution in [0.2, 0.25) is 0 Å². The van der Waals surface area contributed by atoms with E-state index in [9.17, 15) is 5.11 Å². The lowest BCUT2D eigenvalue weighted by Gasteiger charge is -2.15. The summed E-state index contributed by atoms with van der Waals surface area (Å²) in [7, 11) is 0. The quantitative estimate of drug-likeness (QED) is 0.862. The van der Waals surface area contributed by atoms with Gasteiger partial charge in [0.15, 0.2) is 6.29 Å². The maximum Gasteiger partial charge on any atom is 0.160 e. The third-order valence-electron chi connectivity index (χ3n) is 3.21. The molecule has 1 atom stereocenters. The van der Waals surface area contributed by atoms with E-state index in [-0.39, 0.29) is 6.29 Å². The maximum absolute atomic E-state index is 10.1. The second kappa shape index (κ2) is 4.64. The lowest BCUT2D eigenvalue weighted by Crippen LogP contribution is -2.13. The minimum atomic E-state index is -0.562. The Morgan fingerprint density at radius 2 is 2.06 bits per heavy atom. The van der Waals surface area contributed by atoms with E-state index >= 15 is 0 Å². The van der Waals surface area contributed by atoms with Gasteiger partial charge in [-0.3, -0.25) is 0 Å². The first-order chi connectivity index (χ1) is 8.33. The lowest BCUT2D eigenvalue weighted by atomic mass is 10.0. The average Bonchev–Trinajstić information content (AvgIpc) is 2.97. The molecule has 17 heavy (non-hydrogen) atoms. The summed E-state index contributed by atoms with van der Waals surface area (Å²) in [5.74, 6) is 0.898. The van der Waals surface area contributed by atoms with Crippen LogP contribution in [0.4, 0.5) is 0 Å². The zero-order valence-electron chi connectivity index (χ0n) is 9.59. The van der Waals surface area contributed by atoms with Crippen LogP contribution in [0.1, 0.15) is 23.7 Å². The highest BCUT2D eigenvalue weighted by Crippen LogP contribution is 2.30. The Morgan fingerprint density at radius 1 is 1.24 bits per heavy atom. The number of rotatable bonds is 3. The summed E-state index contributed by atoms with van der Waals surface area (Å²) in [6.07, 6.45) is 0.589. The Labute approximate surface area is 100 Å². The molecule has 2 aliphatic rings. The third-order valence-corrected chi connectivity index (χ3v) is 3.21. The molecule has 2 heterocycles. The molecule has 4 nitrogen and oxygen atoms in total. The Morgan fingerprint density at radius 3 is 2.88 bits per heavy atom. The van der Waals surface area contributed by atoms with Crippen LogP contribution in [-0.4, -0.2) is 31.2 Å². The van der Waals surface area contributed by atoms with E-state index in [1.165, 1.54) is 5.56 Å². The molecule has 1 aromatic rings. The SMILES string of the molecule is OC(CC1OCCO1)c1ccc2c(c1)OCC2. The number of fused-ring (bicyclic) bond motifs is 1. The van der Waals surface area contributed by atoms with Crippen molar-refractivity contribution in [2.75, 3.05) is 19.8 Å². The monoisotopic (exact) mass is 236 g/mol. The van der Waals surface area contributed by atoms with Gasteiger partial charge in [0.05, 0.1) is 25.9 Å². The molecule has 1 N–H and O–H groups in total. The van der Waals surface area contributed by atoms with Crippen molar-refractivity contribution in [3.8, 4) is 5.75 Å². The molecule has 92 valence electrons. The summed E-state index contributed by atoms with van der Waals surface area (Å²) in [6.45, 7) is 1.97. The van der Waals surface area contributed by atoms with Gasteiger partial charge in [-0.05, 0) is 17.2 Å². The molecule has 0 aromatic heterocycles. The van der Waals surface area contributed by atoms with Gasteiger partial charge in [0, 0.05) is 12.8 Å². The maximum atomic E-state index is 10.1. The second-order valence-electron chi connectivity index (χ2n) is 4.39. The van der Waals surface area contributed by atoms with Crippen LogP contribution in [0.15, 0.2) is 18.2 Å². The fraction of sp³-hybridized carbons (Fsp3) is 0.538. The molecule has 0 bridgehead atoms. The van der Waals surface area contributed by atoms with Crippen LogP contribution >= 0.6 is 0 Å². The van der Waals surface area contributed by atoms with Crippen molar-refractivity contribution in [3.05, 3.63) is 29.3 Å². The van der Waals surface area contributed by atoms with E-state index in [2.05, 4.69) is 0 Å². The van der Waals surface area contributed by atoms with Gasteiger partial charge in [0.25, 0.3) is 0 Å². The van der Waals surface area contributed by atoms with Gasteiger partial charge < -0.3 is 19.3 Å². The summed E-state index contributed by atoms with van der Waals surface area (Å²) in [6, 6.07) is 5.90. The normalized spacial score (nSPS) is 21.2. The van der Waals surface area contributed by atoms with E-state index in [1.807, 2.05) is 18.2 Å². The van der Waals surface area contributed by atoms with Crippen LogP contribution in [0.5, 0.6) is 5.75 Å². The predicted octanol–water partition coefficient (Wildman–Crippen LogP) is 1.42. The Balaban J connectivity index is 1.70. The summed E-state index contributed by atoms with van der Waals surface area (Å²) in [5, 5.41) is 10.1. The van der Waals surface area contributed by atoms with Gasteiger partial charge in [0.1, 0.15) is 5.75 Å². The molecule has 4 heteroatoms. The standard InChI is InChI=1S/C13H16O4/c14-11(8-13-16-5-6-17-13)10-2-1-9-3-4-15-12(9)7-10/h1-2,7,11,13-14H,3-6,8H2. The highest BCUT2D eigenvalue weighted by atomic mass is 16.7. The average molecular weight is 236 g/mol. The minimum Gasteiger partial charge on any atom is -0.493 e. The molecular weight excluding hydrogens is 220 g/mol. The van der Waals surface area contributed by atoms with Crippen molar-refractivity contribution in [1.29, 1.82) is 0 Å².